The van der Waals surface area contributed by atoms with Crippen molar-refractivity contribution in [1.29, 1.82) is 0 Å². The molecule has 158 valence electrons. The molecular weight excluding hydrogens is 366 g/mol. The van der Waals surface area contributed by atoms with Gasteiger partial charge in [-0.15, -0.1) is 0 Å². The van der Waals surface area contributed by atoms with E-state index in [1.165, 1.54) is 19.3 Å². The number of hydrogen-bond donors (Lipinski definition) is 1. The third kappa shape index (κ3) is 5.81. The first kappa shape index (κ1) is 21.3. The predicted molar refractivity (Wildman–Crippen MR) is 113 cm³/mol. The molecule has 1 heterocycles. The van der Waals surface area contributed by atoms with Gasteiger partial charge in [-0.3, -0.25) is 4.79 Å². The SMILES string of the molecule is CCOc1ccc(-c2noc(CCC(=O)NC3CCCCC3C(C)(C)C)n2)cc1. The molecule has 0 radical (unpaired) electrons. The molecule has 29 heavy (non-hydrogen) atoms. The number of carbonyl (C=O) groups is 1. The topological polar surface area (TPSA) is 77.2 Å². The molecule has 1 fully saturated rings. The molecule has 2 unspecified atom stereocenters. The van der Waals surface area contributed by atoms with Crippen LogP contribution >= 0.6 is 0 Å². The van der Waals surface area contributed by atoms with Gasteiger partial charge in [0.25, 0.3) is 0 Å². The molecule has 1 aliphatic rings. The zero-order valence-corrected chi connectivity index (χ0v) is 18.0. The highest BCUT2D eigenvalue weighted by atomic mass is 16.5. The van der Waals surface area contributed by atoms with Crippen LogP contribution in [0.25, 0.3) is 11.4 Å². The smallest absolute Gasteiger partial charge is 0.227 e. The van der Waals surface area contributed by atoms with Crippen LogP contribution in [-0.4, -0.2) is 28.7 Å². The van der Waals surface area contributed by atoms with Crippen LogP contribution in [0.4, 0.5) is 0 Å². The lowest BCUT2D eigenvalue weighted by Crippen LogP contribution is -2.46. The van der Waals surface area contributed by atoms with Crippen molar-refractivity contribution in [2.24, 2.45) is 11.3 Å². The van der Waals surface area contributed by atoms with Crippen molar-refractivity contribution in [2.75, 3.05) is 6.61 Å². The summed E-state index contributed by atoms with van der Waals surface area (Å²) in [6.07, 6.45) is 5.50. The van der Waals surface area contributed by atoms with Crippen LogP contribution in [0.1, 0.15) is 65.7 Å². The normalized spacial score (nSPS) is 19.7. The summed E-state index contributed by atoms with van der Waals surface area (Å²) in [4.78, 5) is 16.9. The molecule has 0 spiro atoms. The lowest BCUT2D eigenvalue weighted by atomic mass is 9.69. The molecule has 6 heteroatoms. The zero-order chi connectivity index (χ0) is 20.9. The van der Waals surface area contributed by atoms with Crippen LogP contribution in [0, 0.1) is 11.3 Å². The molecule has 0 saturated heterocycles. The maximum Gasteiger partial charge on any atom is 0.227 e. The van der Waals surface area contributed by atoms with Crippen LogP contribution in [-0.2, 0) is 11.2 Å². The van der Waals surface area contributed by atoms with E-state index in [4.69, 9.17) is 9.26 Å². The largest absolute Gasteiger partial charge is 0.494 e. The van der Waals surface area contributed by atoms with Crippen LogP contribution in [0.5, 0.6) is 5.75 Å². The summed E-state index contributed by atoms with van der Waals surface area (Å²) in [6.45, 7) is 9.38. The molecule has 1 saturated carbocycles. The number of ether oxygens (including phenoxy) is 1. The first-order valence-corrected chi connectivity index (χ1v) is 10.7. The first-order chi connectivity index (χ1) is 13.9. The van der Waals surface area contributed by atoms with Crippen molar-refractivity contribution in [1.82, 2.24) is 15.5 Å². The van der Waals surface area contributed by atoms with Gasteiger partial charge in [0.1, 0.15) is 5.75 Å². The molecule has 1 amide bonds. The lowest BCUT2D eigenvalue weighted by Gasteiger charge is -2.40. The van der Waals surface area contributed by atoms with Crippen LogP contribution in [0.15, 0.2) is 28.8 Å². The fraction of sp³-hybridized carbons (Fsp3) is 0.609. The Bertz CT molecular complexity index is 792. The summed E-state index contributed by atoms with van der Waals surface area (Å²) in [7, 11) is 0. The Balaban J connectivity index is 1.53. The molecule has 3 rings (SSSR count). The van der Waals surface area contributed by atoms with Gasteiger partial charge in [-0.1, -0.05) is 38.8 Å². The molecular formula is C23H33N3O3. The number of carbonyl (C=O) groups excluding carboxylic acids is 1. The summed E-state index contributed by atoms with van der Waals surface area (Å²) >= 11 is 0. The summed E-state index contributed by atoms with van der Waals surface area (Å²) in [5.74, 6) is 2.42. The number of aryl methyl sites for hydroxylation is 1. The van der Waals surface area contributed by atoms with Crippen molar-refractivity contribution in [3.05, 3.63) is 30.2 Å². The Hall–Kier alpha value is -2.37. The molecule has 1 N–H and O–H groups in total. The highest BCUT2D eigenvalue weighted by molar-refractivity contribution is 5.76. The van der Waals surface area contributed by atoms with Crippen LogP contribution in [0.3, 0.4) is 0 Å². The van der Waals surface area contributed by atoms with Crippen LogP contribution in [0.2, 0.25) is 0 Å². The number of amides is 1. The van der Waals surface area contributed by atoms with E-state index >= 15 is 0 Å². The third-order valence-electron chi connectivity index (χ3n) is 5.68. The summed E-state index contributed by atoms with van der Waals surface area (Å²) in [6, 6.07) is 7.85. The number of hydrogen-bond acceptors (Lipinski definition) is 5. The van der Waals surface area contributed by atoms with Crippen molar-refractivity contribution >= 4 is 5.91 Å². The average Bonchev–Trinajstić information content (AvgIpc) is 3.16. The maximum atomic E-state index is 12.5. The number of benzene rings is 1. The average molecular weight is 400 g/mol. The molecule has 1 aromatic carbocycles. The standard InChI is InChI=1S/C23H33N3O3/c1-5-28-17-12-10-16(11-13-17)22-25-21(29-26-22)15-14-20(27)24-19-9-7-6-8-18(19)23(2,3)4/h10-13,18-19H,5-9,14-15H2,1-4H3,(H,24,27). The first-order valence-electron chi connectivity index (χ1n) is 10.7. The van der Waals surface area contributed by atoms with E-state index in [1.54, 1.807) is 0 Å². The fourth-order valence-corrected chi connectivity index (χ4v) is 4.18. The van der Waals surface area contributed by atoms with Gasteiger partial charge in [0, 0.05) is 24.4 Å². The van der Waals surface area contributed by atoms with E-state index in [9.17, 15) is 4.79 Å². The second-order valence-corrected chi connectivity index (χ2v) is 8.90. The van der Waals surface area contributed by atoms with Gasteiger partial charge in [-0.2, -0.15) is 4.98 Å². The number of rotatable bonds is 7. The monoisotopic (exact) mass is 399 g/mol. The minimum absolute atomic E-state index is 0.0620. The van der Waals surface area contributed by atoms with Gasteiger partial charge in [0.2, 0.25) is 17.6 Å². The number of nitrogens with zero attached hydrogens (tertiary/aromatic N) is 2. The molecule has 6 nitrogen and oxygen atoms in total. The van der Waals surface area contributed by atoms with Crippen molar-refractivity contribution in [3.63, 3.8) is 0 Å². The quantitative estimate of drug-likeness (QED) is 0.724. The van der Waals surface area contributed by atoms with Gasteiger partial charge < -0.3 is 14.6 Å². The second-order valence-electron chi connectivity index (χ2n) is 8.90. The van der Waals surface area contributed by atoms with Crippen molar-refractivity contribution in [3.8, 4) is 17.1 Å². The van der Waals surface area contributed by atoms with E-state index in [1.807, 2.05) is 31.2 Å². The Morgan fingerprint density at radius 2 is 1.93 bits per heavy atom. The highest BCUT2D eigenvalue weighted by Gasteiger charge is 2.34. The third-order valence-corrected chi connectivity index (χ3v) is 5.68. The maximum absolute atomic E-state index is 12.5. The van der Waals surface area contributed by atoms with Crippen molar-refractivity contribution in [2.45, 2.75) is 72.3 Å². The number of aromatic nitrogens is 2. The van der Waals surface area contributed by atoms with Gasteiger partial charge in [0.05, 0.1) is 6.61 Å². The van der Waals surface area contributed by atoms with E-state index in [-0.39, 0.29) is 17.4 Å². The minimum Gasteiger partial charge on any atom is -0.494 e. The van der Waals surface area contributed by atoms with E-state index in [2.05, 4.69) is 36.2 Å². The second kappa shape index (κ2) is 9.42. The summed E-state index contributed by atoms with van der Waals surface area (Å²) in [5.41, 5.74) is 1.07. The van der Waals surface area contributed by atoms with E-state index in [0.29, 0.717) is 37.1 Å². The molecule has 2 atom stereocenters. The number of nitrogens with one attached hydrogen (secondary N) is 1. The molecule has 2 aromatic rings. The Morgan fingerprint density at radius 3 is 2.62 bits per heavy atom. The van der Waals surface area contributed by atoms with E-state index in [0.717, 1.165) is 17.7 Å². The minimum atomic E-state index is 0.0620. The molecule has 1 aliphatic carbocycles. The summed E-state index contributed by atoms with van der Waals surface area (Å²) < 4.78 is 10.8. The highest BCUT2D eigenvalue weighted by Crippen LogP contribution is 2.38. The van der Waals surface area contributed by atoms with Gasteiger partial charge >= 0.3 is 0 Å². The fourth-order valence-electron chi connectivity index (χ4n) is 4.18. The van der Waals surface area contributed by atoms with Crippen molar-refractivity contribution < 1.29 is 14.1 Å². The summed E-state index contributed by atoms with van der Waals surface area (Å²) in [5, 5.41) is 7.30. The zero-order valence-electron chi connectivity index (χ0n) is 18.0. The Kier molecular flexibility index (Phi) is 6.93. The lowest BCUT2D eigenvalue weighted by molar-refractivity contribution is -0.122. The van der Waals surface area contributed by atoms with Crippen LogP contribution < -0.4 is 10.1 Å². The Labute approximate surface area is 173 Å². The molecule has 0 aliphatic heterocycles. The molecule has 1 aromatic heterocycles. The molecule has 0 bridgehead atoms. The van der Waals surface area contributed by atoms with Gasteiger partial charge in [0.15, 0.2) is 0 Å². The predicted octanol–water partition coefficient (Wildman–Crippen LogP) is 4.79. The Morgan fingerprint density at radius 1 is 1.21 bits per heavy atom. The van der Waals surface area contributed by atoms with Gasteiger partial charge in [-0.25, -0.2) is 0 Å². The van der Waals surface area contributed by atoms with E-state index < -0.39 is 0 Å². The van der Waals surface area contributed by atoms with Gasteiger partial charge in [-0.05, 0) is 55.4 Å².